The van der Waals surface area contributed by atoms with Gasteiger partial charge in [0.15, 0.2) is 5.16 Å². The van der Waals surface area contributed by atoms with E-state index in [0.29, 0.717) is 0 Å². The summed E-state index contributed by atoms with van der Waals surface area (Å²) in [6.45, 7) is 2.01. The number of benzene rings is 1. The number of aryl methyl sites for hydroxylation is 1. The molecular weight excluding hydrogens is 338 g/mol. The minimum Gasteiger partial charge on any atom is -0.497 e. The molecule has 20 heavy (non-hydrogen) atoms. The Labute approximate surface area is 129 Å². The molecule has 2 heterocycles. The Hall–Kier alpha value is -1.53. The van der Waals surface area contributed by atoms with Gasteiger partial charge >= 0.3 is 0 Å². The van der Waals surface area contributed by atoms with Crippen LogP contribution in [0.4, 0.5) is 0 Å². The molecular formula is C14H12BrN3OS. The maximum Gasteiger partial charge on any atom is 0.172 e. The standard InChI is InChI=1S/C14H12BrN3OS/c1-8-5-10(15)13(16-7-8)20-14-17-11-4-3-9(19-2)6-12(11)18-14/h3-7H,1-2H3,(H,17,18). The summed E-state index contributed by atoms with van der Waals surface area (Å²) in [6.07, 6.45) is 1.85. The summed E-state index contributed by atoms with van der Waals surface area (Å²) in [6, 6.07) is 7.81. The van der Waals surface area contributed by atoms with Crippen LogP contribution in [0.5, 0.6) is 5.75 Å². The van der Waals surface area contributed by atoms with Gasteiger partial charge in [-0.05, 0) is 58.4 Å². The number of ether oxygens (including phenoxy) is 1. The maximum absolute atomic E-state index is 5.21. The largest absolute Gasteiger partial charge is 0.497 e. The second-order valence-electron chi connectivity index (χ2n) is 4.33. The average Bonchev–Trinajstić information content (AvgIpc) is 2.83. The van der Waals surface area contributed by atoms with Crippen LogP contribution in [0.3, 0.4) is 0 Å². The van der Waals surface area contributed by atoms with E-state index in [-0.39, 0.29) is 0 Å². The third-order valence-electron chi connectivity index (χ3n) is 2.80. The van der Waals surface area contributed by atoms with Crippen LogP contribution in [0.15, 0.2) is 45.1 Å². The molecule has 0 fully saturated rings. The van der Waals surface area contributed by atoms with Crippen LogP contribution in [0.25, 0.3) is 11.0 Å². The fraction of sp³-hybridized carbons (Fsp3) is 0.143. The third-order valence-corrected chi connectivity index (χ3v) is 4.58. The summed E-state index contributed by atoms with van der Waals surface area (Å²) in [5, 5.41) is 1.70. The van der Waals surface area contributed by atoms with Crippen LogP contribution >= 0.6 is 27.7 Å². The van der Waals surface area contributed by atoms with Crippen molar-refractivity contribution in [2.24, 2.45) is 0 Å². The van der Waals surface area contributed by atoms with E-state index in [0.717, 1.165) is 37.0 Å². The van der Waals surface area contributed by atoms with Crippen molar-refractivity contribution in [2.45, 2.75) is 17.1 Å². The van der Waals surface area contributed by atoms with Gasteiger partial charge in [-0.2, -0.15) is 0 Å². The number of nitrogens with zero attached hydrogens (tertiary/aromatic N) is 2. The van der Waals surface area contributed by atoms with Crippen LogP contribution in [0.2, 0.25) is 0 Å². The second kappa shape index (κ2) is 5.46. The minimum atomic E-state index is 0.810. The first kappa shape index (κ1) is 13.5. The number of hydrogen-bond acceptors (Lipinski definition) is 4. The van der Waals surface area contributed by atoms with Crippen molar-refractivity contribution >= 4 is 38.7 Å². The van der Waals surface area contributed by atoms with Gasteiger partial charge < -0.3 is 9.72 Å². The zero-order chi connectivity index (χ0) is 14.1. The van der Waals surface area contributed by atoms with E-state index in [9.17, 15) is 0 Å². The topological polar surface area (TPSA) is 50.8 Å². The molecule has 0 aliphatic heterocycles. The molecule has 2 aromatic heterocycles. The summed E-state index contributed by atoms with van der Waals surface area (Å²) in [5.74, 6) is 0.812. The quantitative estimate of drug-likeness (QED) is 0.770. The van der Waals surface area contributed by atoms with Crippen LogP contribution in [0, 0.1) is 6.92 Å². The molecule has 0 aliphatic carbocycles. The van der Waals surface area contributed by atoms with Crippen LogP contribution in [-0.4, -0.2) is 22.1 Å². The van der Waals surface area contributed by atoms with Gasteiger partial charge in [0.05, 0.1) is 22.6 Å². The number of fused-ring (bicyclic) bond motifs is 1. The second-order valence-corrected chi connectivity index (χ2v) is 6.16. The smallest absolute Gasteiger partial charge is 0.172 e. The minimum absolute atomic E-state index is 0.810. The average molecular weight is 350 g/mol. The predicted molar refractivity (Wildman–Crippen MR) is 83.4 cm³/mol. The lowest BCUT2D eigenvalue weighted by Crippen LogP contribution is -1.84. The van der Waals surface area contributed by atoms with E-state index in [1.54, 1.807) is 7.11 Å². The first-order valence-corrected chi connectivity index (χ1v) is 7.60. The molecule has 0 amide bonds. The van der Waals surface area contributed by atoms with E-state index in [1.165, 1.54) is 11.8 Å². The molecule has 102 valence electrons. The van der Waals surface area contributed by atoms with Crippen molar-refractivity contribution in [3.05, 3.63) is 40.5 Å². The molecule has 0 aliphatic rings. The van der Waals surface area contributed by atoms with Crippen molar-refractivity contribution in [1.82, 2.24) is 15.0 Å². The molecule has 0 spiro atoms. The predicted octanol–water partition coefficient (Wildman–Crippen LogP) is 4.19. The Bertz CT molecular complexity index is 772. The van der Waals surface area contributed by atoms with Crippen LogP contribution < -0.4 is 4.74 Å². The number of methoxy groups -OCH3 is 1. The summed E-state index contributed by atoms with van der Waals surface area (Å²) < 4.78 is 6.18. The lowest BCUT2D eigenvalue weighted by atomic mass is 10.3. The Morgan fingerprint density at radius 2 is 2.15 bits per heavy atom. The lowest BCUT2D eigenvalue weighted by Gasteiger charge is -2.01. The molecule has 0 radical (unpaired) electrons. The third kappa shape index (κ3) is 2.66. The number of aromatic amines is 1. The highest BCUT2D eigenvalue weighted by Crippen LogP contribution is 2.32. The lowest BCUT2D eigenvalue weighted by molar-refractivity contribution is 0.415. The van der Waals surface area contributed by atoms with Crippen molar-refractivity contribution in [1.29, 1.82) is 0 Å². The molecule has 1 N–H and O–H groups in total. The summed E-state index contributed by atoms with van der Waals surface area (Å²) in [5.41, 5.74) is 2.99. The molecule has 0 bridgehead atoms. The highest BCUT2D eigenvalue weighted by molar-refractivity contribution is 9.10. The fourth-order valence-corrected chi connectivity index (χ4v) is 3.28. The van der Waals surface area contributed by atoms with Gasteiger partial charge in [0.2, 0.25) is 0 Å². The monoisotopic (exact) mass is 349 g/mol. The van der Waals surface area contributed by atoms with Gasteiger partial charge in [0.1, 0.15) is 10.8 Å². The molecule has 0 atom stereocenters. The van der Waals surface area contributed by atoms with Crippen LogP contribution in [-0.2, 0) is 0 Å². The van der Waals surface area contributed by atoms with Gasteiger partial charge in [-0.15, -0.1) is 0 Å². The van der Waals surface area contributed by atoms with Gasteiger partial charge in [0, 0.05) is 12.3 Å². The summed E-state index contributed by atoms with van der Waals surface area (Å²) in [7, 11) is 1.65. The number of pyridine rings is 1. The Morgan fingerprint density at radius 1 is 1.30 bits per heavy atom. The van der Waals surface area contributed by atoms with Gasteiger partial charge in [0.25, 0.3) is 0 Å². The normalized spacial score (nSPS) is 10.9. The Morgan fingerprint density at radius 3 is 2.90 bits per heavy atom. The highest BCUT2D eigenvalue weighted by atomic mass is 79.9. The maximum atomic E-state index is 5.21. The molecule has 3 aromatic rings. The van der Waals surface area contributed by atoms with E-state index < -0.39 is 0 Å². The number of aromatic nitrogens is 3. The first-order valence-electron chi connectivity index (χ1n) is 5.99. The van der Waals surface area contributed by atoms with Gasteiger partial charge in [-0.1, -0.05) is 0 Å². The van der Waals surface area contributed by atoms with Crippen molar-refractivity contribution in [2.75, 3.05) is 7.11 Å². The molecule has 3 rings (SSSR count). The zero-order valence-electron chi connectivity index (χ0n) is 11.0. The van der Waals surface area contributed by atoms with E-state index >= 15 is 0 Å². The Kier molecular flexibility index (Phi) is 3.67. The molecule has 0 saturated heterocycles. The van der Waals surface area contributed by atoms with Gasteiger partial charge in [-0.3, -0.25) is 0 Å². The number of rotatable bonds is 3. The molecule has 6 heteroatoms. The molecule has 1 aromatic carbocycles. The number of nitrogens with one attached hydrogen (secondary N) is 1. The molecule has 0 unspecified atom stereocenters. The summed E-state index contributed by atoms with van der Waals surface area (Å²) in [4.78, 5) is 12.2. The molecule has 0 saturated carbocycles. The number of H-pyrrole nitrogens is 1. The molecule has 4 nitrogen and oxygen atoms in total. The van der Waals surface area contributed by atoms with Crippen LogP contribution in [0.1, 0.15) is 5.56 Å². The van der Waals surface area contributed by atoms with E-state index in [2.05, 4.69) is 30.9 Å². The first-order chi connectivity index (χ1) is 9.65. The van der Waals surface area contributed by atoms with E-state index in [4.69, 9.17) is 4.74 Å². The Balaban J connectivity index is 1.94. The van der Waals surface area contributed by atoms with Crippen molar-refractivity contribution in [3.8, 4) is 5.75 Å². The van der Waals surface area contributed by atoms with Crippen molar-refractivity contribution in [3.63, 3.8) is 0 Å². The number of imidazole rings is 1. The number of halogens is 1. The fourth-order valence-electron chi connectivity index (χ4n) is 1.83. The van der Waals surface area contributed by atoms with Gasteiger partial charge in [-0.25, -0.2) is 9.97 Å². The zero-order valence-corrected chi connectivity index (χ0v) is 13.4. The van der Waals surface area contributed by atoms with E-state index in [1.807, 2.05) is 37.4 Å². The van der Waals surface area contributed by atoms with Crippen molar-refractivity contribution < 1.29 is 4.74 Å². The highest BCUT2D eigenvalue weighted by Gasteiger charge is 2.09. The number of hydrogen-bond donors (Lipinski definition) is 1. The SMILES string of the molecule is COc1ccc2nc(Sc3ncc(C)cc3Br)[nH]c2c1. The summed E-state index contributed by atoms with van der Waals surface area (Å²) >= 11 is 5.02.